The summed E-state index contributed by atoms with van der Waals surface area (Å²) >= 11 is 4.81. The Bertz CT molecular complexity index is 305. The Balaban J connectivity index is 3.29. The van der Waals surface area contributed by atoms with Crippen molar-refractivity contribution in [3.8, 4) is 0 Å². The maximum atomic E-state index is 10.7. The van der Waals surface area contributed by atoms with Crippen LogP contribution in [0.25, 0.3) is 0 Å². The summed E-state index contributed by atoms with van der Waals surface area (Å²) in [4.78, 5) is 17.1. The van der Waals surface area contributed by atoms with Gasteiger partial charge >= 0.3 is 0 Å². The van der Waals surface area contributed by atoms with E-state index >= 15 is 0 Å². The highest BCUT2D eigenvalue weighted by molar-refractivity contribution is 7.71. The van der Waals surface area contributed by atoms with Crippen LogP contribution in [0.2, 0.25) is 0 Å². The molecule has 0 aliphatic heterocycles. The molecule has 0 aliphatic carbocycles. The Kier molecular flexibility index (Phi) is 1.91. The van der Waals surface area contributed by atoms with E-state index in [0.717, 1.165) is 0 Å². The van der Waals surface area contributed by atoms with Gasteiger partial charge in [-0.2, -0.15) is 0 Å². The van der Waals surface area contributed by atoms with Crippen LogP contribution in [0.5, 0.6) is 0 Å². The van der Waals surface area contributed by atoms with Crippen LogP contribution in [0.4, 0.5) is 0 Å². The first-order chi connectivity index (χ1) is 4.72. The molecule has 1 aromatic heterocycles. The van der Waals surface area contributed by atoms with Crippen molar-refractivity contribution in [2.24, 2.45) is 0 Å². The molecule has 0 aromatic carbocycles. The number of hydrogen-bond donors (Lipinski definition) is 1. The van der Waals surface area contributed by atoms with Gasteiger partial charge < -0.3 is 4.98 Å². The van der Waals surface area contributed by atoms with Crippen molar-refractivity contribution in [2.45, 2.75) is 6.92 Å². The van der Waals surface area contributed by atoms with E-state index < -0.39 is 0 Å². The van der Waals surface area contributed by atoms with E-state index in [1.807, 2.05) is 0 Å². The molecule has 0 saturated heterocycles. The molecule has 0 bridgehead atoms. The summed E-state index contributed by atoms with van der Waals surface area (Å²) in [5.41, 5.74) is 0.470. The smallest absolute Gasteiger partial charge is 0.164 e. The van der Waals surface area contributed by atoms with Gasteiger partial charge in [0.15, 0.2) is 5.78 Å². The second-order valence-corrected chi connectivity index (χ2v) is 2.26. The largest absolute Gasteiger partial charge is 0.337 e. The van der Waals surface area contributed by atoms with Crippen molar-refractivity contribution in [3.05, 3.63) is 22.7 Å². The molecule has 1 heterocycles. The minimum atomic E-state index is -0.0608. The van der Waals surface area contributed by atoms with Gasteiger partial charge in [-0.05, 0) is 6.92 Å². The number of carbonyl (C=O) groups is 1. The molecule has 0 spiro atoms. The number of carbonyl (C=O) groups excluding carboxylic acids is 1. The zero-order valence-corrected chi connectivity index (χ0v) is 6.23. The zero-order valence-electron chi connectivity index (χ0n) is 5.42. The Hall–Kier alpha value is -1.03. The summed E-state index contributed by atoms with van der Waals surface area (Å²) in [6.07, 6.45) is 2.91. The van der Waals surface area contributed by atoms with Gasteiger partial charge in [0.25, 0.3) is 0 Å². The highest BCUT2D eigenvalue weighted by Crippen LogP contribution is 1.96. The lowest BCUT2D eigenvalue weighted by Gasteiger charge is -1.91. The van der Waals surface area contributed by atoms with Crippen LogP contribution in [-0.2, 0) is 0 Å². The van der Waals surface area contributed by atoms with Crippen LogP contribution in [0, 0.1) is 4.64 Å². The van der Waals surface area contributed by atoms with Crippen molar-refractivity contribution in [1.29, 1.82) is 0 Å². The van der Waals surface area contributed by atoms with E-state index in [1.165, 1.54) is 19.4 Å². The number of nitrogens with one attached hydrogen (secondary N) is 1. The van der Waals surface area contributed by atoms with E-state index in [2.05, 4.69) is 9.97 Å². The fourth-order valence-electron chi connectivity index (χ4n) is 0.595. The highest BCUT2D eigenvalue weighted by atomic mass is 32.1. The second-order valence-electron chi connectivity index (χ2n) is 1.85. The molecule has 52 valence electrons. The predicted molar refractivity (Wildman–Crippen MR) is 39.4 cm³/mol. The van der Waals surface area contributed by atoms with Gasteiger partial charge in [-0.15, -0.1) is 0 Å². The van der Waals surface area contributed by atoms with Gasteiger partial charge in [-0.3, -0.25) is 4.79 Å². The Labute approximate surface area is 63.1 Å². The maximum Gasteiger partial charge on any atom is 0.164 e. The number of rotatable bonds is 1. The summed E-state index contributed by atoms with van der Waals surface area (Å²) in [7, 11) is 0. The van der Waals surface area contributed by atoms with Crippen LogP contribution in [0.15, 0.2) is 12.5 Å². The van der Waals surface area contributed by atoms with Gasteiger partial charge in [0.2, 0.25) is 0 Å². The first-order valence-corrected chi connectivity index (χ1v) is 3.16. The number of ketones is 1. The number of aromatic nitrogens is 2. The molecule has 0 unspecified atom stereocenters. The molecule has 0 aliphatic rings. The van der Waals surface area contributed by atoms with Gasteiger partial charge in [0.1, 0.15) is 4.64 Å². The summed E-state index contributed by atoms with van der Waals surface area (Å²) in [5.74, 6) is -0.0608. The topological polar surface area (TPSA) is 45.8 Å². The van der Waals surface area contributed by atoms with Crippen LogP contribution >= 0.6 is 12.2 Å². The predicted octanol–water partition coefficient (Wildman–Crippen LogP) is 1.34. The maximum absolute atomic E-state index is 10.7. The Morgan fingerprint density at radius 3 is 2.90 bits per heavy atom. The lowest BCUT2D eigenvalue weighted by atomic mass is 10.2. The summed E-state index contributed by atoms with van der Waals surface area (Å²) in [6.45, 7) is 1.46. The van der Waals surface area contributed by atoms with E-state index in [0.29, 0.717) is 10.2 Å². The lowest BCUT2D eigenvalue weighted by molar-refractivity contribution is 0.101. The van der Waals surface area contributed by atoms with Crippen molar-refractivity contribution in [2.75, 3.05) is 0 Å². The molecular weight excluding hydrogens is 148 g/mol. The summed E-state index contributed by atoms with van der Waals surface area (Å²) < 4.78 is 0.447. The molecule has 0 atom stereocenters. The fraction of sp³-hybridized carbons (Fsp3) is 0.167. The van der Waals surface area contributed by atoms with Crippen molar-refractivity contribution < 1.29 is 4.79 Å². The first-order valence-electron chi connectivity index (χ1n) is 2.75. The minimum Gasteiger partial charge on any atom is -0.337 e. The summed E-state index contributed by atoms with van der Waals surface area (Å²) in [6, 6.07) is 0. The molecule has 4 heteroatoms. The van der Waals surface area contributed by atoms with E-state index in [-0.39, 0.29) is 5.78 Å². The molecule has 0 radical (unpaired) electrons. The fourth-order valence-corrected chi connectivity index (χ4v) is 0.844. The molecule has 0 saturated carbocycles. The van der Waals surface area contributed by atoms with Crippen molar-refractivity contribution in [3.63, 3.8) is 0 Å². The summed E-state index contributed by atoms with van der Waals surface area (Å²) in [5, 5.41) is 0. The average molecular weight is 154 g/mol. The normalized spacial score (nSPS) is 9.30. The van der Waals surface area contributed by atoms with Crippen LogP contribution in [0.1, 0.15) is 17.3 Å². The molecule has 3 nitrogen and oxygen atoms in total. The number of aromatic amines is 1. The van der Waals surface area contributed by atoms with Crippen LogP contribution < -0.4 is 0 Å². The molecule has 1 N–H and O–H groups in total. The third kappa shape index (κ3) is 1.27. The van der Waals surface area contributed by atoms with Gasteiger partial charge in [0.05, 0.1) is 11.9 Å². The van der Waals surface area contributed by atoms with E-state index in [1.54, 1.807) is 0 Å². The Morgan fingerprint density at radius 2 is 2.50 bits per heavy atom. The van der Waals surface area contributed by atoms with E-state index in [4.69, 9.17) is 12.2 Å². The quantitative estimate of drug-likeness (QED) is 0.490. The van der Waals surface area contributed by atoms with Gasteiger partial charge in [-0.25, -0.2) is 4.98 Å². The van der Waals surface area contributed by atoms with E-state index in [9.17, 15) is 4.79 Å². The minimum absolute atomic E-state index is 0.0608. The number of H-pyrrole nitrogens is 1. The third-order valence-corrected chi connectivity index (χ3v) is 1.44. The van der Waals surface area contributed by atoms with Crippen molar-refractivity contribution in [1.82, 2.24) is 9.97 Å². The number of Topliss-reactive ketones (excluding diaryl/α,β-unsaturated/α-hetero) is 1. The SMILES string of the molecule is CC(=O)c1cnc[nH]c1=S. The second kappa shape index (κ2) is 2.70. The average Bonchev–Trinajstić information content (AvgIpc) is 1.88. The molecule has 0 amide bonds. The van der Waals surface area contributed by atoms with Crippen molar-refractivity contribution >= 4 is 18.0 Å². The monoisotopic (exact) mass is 154 g/mol. The number of hydrogen-bond acceptors (Lipinski definition) is 3. The van der Waals surface area contributed by atoms with Gasteiger partial charge in [0, 0.05) is 6.20 Å². The molecule has 10 heavy (non-hydrogen) atoms. The number of nitrogens with zero attached hydrogens (tertiary/aromatic N) is 1. The Morgan fingerprint density at radius 1 is 1.80 bits per heavy atom. The highest BCUT2D eigenvalue weighted by Gasteiger charge is 1.99. The molecule has 0 fully saturated rings. The molecular formula is C6H6N2OS. The molecule has 1 rings (SSSR count). The van der Waals surface area contributed by atoms with Crippen LogP contribution in [0.3, 0.4) is 0 Å². The first kappa shape index (κ1) is 7.08. The standard InChI is InChI=1S/C6H6N2OS/c1-4(9)5-2-7-3-8-6(5)10/h2-3H,1H3,(H,7,8,10). The lowest BCUT2D eigenvalue weighted by Crippen LogP contribution is -1.95. The third-order valence-electron chi connectivity index (χ3n) is 1.10. The zero-order chi connectivity index (χ0) is 7.56. The molecule has 1 aromatic rings. The van der Waals surface area contributed by atoms with Gasteiger partial charge in [-0.1, -0.05) is 12.2 Å². The van der Waals surface area contributed by atoms with Crippen LogP contribution in [-0.4, -0.2) is 15.8 Å².